The second-order valence-electron chi connectivity index (χ2n) is 4.71. The zero-order valence-corrected chi connectivity index (χ0v) is 11.9. The van der Waals surface area contributed by atoms with E-state index in [1.807, 2.05) is 0 Å². The van der Waals surface area contributed by atoms with Crippen molar-refractivity contribution in [1.82, 2.24) is 4.98 Å². The van der Waals surface area contributed by atoms with Gasteiger partial charge in [0.2, 0.25) is 0 Å². The first-order chi connectivity index (χ1) is 11.1. The van der Waals surface area contributed by atoms with Crippen LogP contribution in [0.4, 0.5) is 5.69 Å². The van der Waals surface area contributed by atoms with Crippen molar-refractivity contribution in [3.05, 3.63) is 72.1 Å². The number of nitrogens with zero attached hydrogens (tertiary/aromatic N) is 1. The molecule has 0 saturated carbocycles. The fourth-order valence-electron chi connectivity index (χ4n) is 2.10. The Morgan fingerprint density at radius 1 is 1.09 bits per heavy atom. The van der Waals surface area contributed by atoms with Crippen molar-refractivity contribution in [3.63, 3.8) is 0 Å². The van der Waals surface area contributed by atoms with Crippen LogP contribution in [0.5, 0.6) is 0 Å². The summed E-state index contributed by atoms with van der Waals surface area (Å²) in [6, 6.07) is 12.8. The van der Waals surface area contributed by atoms with Gasteiger partial charge in [0, 0.05) is 11.8 Å². The molecule has 1 aromatic carbocycles. The molecule has 3 rings (SSSR count). The number of nitrogens with one attached hydrogen (secondary N) is 1. The third-order valence-electron chi connectivity index (χ3n) is 3.20. The zero-order chi connectivity index (χ0) is 16.2. The molecule has 0 aliphatic heterocycles. The molecule has 1 amide bonds. The Kier molecular flexibility index (Phi) is 3.88. The smallest absolute Gasteiger partial charge is 0.337 e. The van der Waals surface area contributed by atoms with Crippen molar-refractivity contribution in [3.8, 4) is 11.5 Å². The van der Waals surface area contributed by atoms with E-state index in [9.17, 15) is 9.59 Å². The van der Waals surface area contributed by atoms with E-state index in [-0.39, 0.29) is 11.3 Å². The number of amides is 1. The number of aromatic carboxylic acids is 1. The molecule has 0 radical (unpaired) electrons. The van der Waals surface area contributed by atoms with Gasteiger partial charge in [0.1, 0.15) is 5.69 Å². The summed E-state index contributed by atoms with van der Waals surface area (Å²) in [5.41, 5.74) is 1.14. The number of pyridine rings is 1. The van der Waals surface area contributed by atoms with Crippen LogP contribution in [0.3, 0.4) is 0 Å². The number of rotatable bonds is 4. The van der Waals surface area contributed by atoms with Gasteiger partial charge in [-0.05, 0) is 36.4 Å². The Balaban J connectivity index is 1.87. The molecular weight excluding hydrogens is 296 g/mol. The van der Waals surface area contributed by atoms with E-state index in [1.54, 1.807) is 36.4 Å². The van der Waals surface area contributed by atoms with Crippen LogP contribution in [0, 0.1) is 0 Å². The van der Waals surface area contributed by atoms with Gasteiger partial charge in [0.05, 0.1) is 17.5 Å². The van der Waals surface area contributed by atoms with E-state index < -0.39 is 11.9 Å². The van der Waals surface area contributed by atoms with Crippen molar-refractivity contribution in [2.75, 3.05) is 5.32 Å². The molecule has 3 aromatic rings. The molecule has 2 N–H and O–H groups in total. The van der Waals surface area contributed by atoms with Gasteiger partial charge < -0.3 is 14.8 Å². The van der Waals surface area contributed by atoms with Gasteiger partial charge in [-0.15, -0.1) is 0 Å². The molecule has 23 heavy (non-hydrogen) atoms. The van der Waals surface area contributed by atoms with Crippen molar-refractivity contribution < 1.29 is 19.1 Å². The van der Waals surface area contributed by atoms with E-state index >= 15 is 0 Å². The monoisotopic (exact) mass is 308 g/mol. The number of benzene rings is 1. The third kappa shape index (κ3) is 3.11. The second kappa shape index (κ2) is 6.15. The van der Waals surface area contributed by atoms with Crippen molar-refractivity contribution in [2.45, 2.75) is 0 Å². The standard InChI is InChI=1S/C17H12N2O4/c20-16(19-13-5-2-1-4-12(13)17(21)22)11-7-8-18-14(10-11)15-6-3-9-23-15/h1-10H,(H,19,20)(H,21,22). The predicted octanol–water partition coefficient (Wildman–Crippen LogP) is 3.29. The number of carbonyl (C=O) groups excluding carboxylic acids is 1. The highest BCUT2D eigenvalue weighted by Crippen LogP contribution is 2.20. The SMILES string of the molecule is O=C(Nc1ccccc1C(=O)O)c1ccnc(-c2ccco2)c1. The maximum atomic E-state index is 12.3. The Morgan fingerprint density at radius 3 is 2.65 bits per heavy atom. The normalized spacial score (nSPS) is 10.3. The lowest BCUT2D eigenvalue weighted by Gasteiger charge is -2.08. The summed E-state index contributed by atoms with van der Waals surface area (Å²) in [7, 11) is 0. The Hall–Kier alpha value is -3.41. The summed E-state index contributed by atoms with van der Waals surface area (Å²) in [5, 5.41) is 11.7. The average molecular weight is 308 g/mol. The van der Waals surface area contributed by atoms with E-state index in [1.165, 1.54) is 24.6 Å². The Bertz CT molecular complexity index is 857. The molecule has 2 heterocycles. The number of aromatic nitrogens is 1. The Morgan fingerprint density at radius 2 is 1.91 bits per heavy atom. The van der Waals surface area contributed by atoms with E-state index in [4.69, 9.17) is 9.52 Å². The molecule has 114 valence electrons. The molecular formula is C17H12N2O4. The highest BCUT2D eigenvalue weighted by Gasteiger charge is 2.14. The maximum absolute atomic E-state index is 12.3. The molecule has 2 aromatic heterocycles. The van der Waals surface area contributed by atoms with Crippen LogP contribution in [-0.2, 0) is 0 Å². The van der Waals surface area contributed by atoms with Crippen LogP contribution in [-0.4, -0.2) is 22.0 Å². The minimum absolute atomic E-state index is 0.0289. The molecule has 0 aliphatic carbocycles. The maximum Gasteiger partial charge on any atom is 0.337 e. The summed E-state index contributed by atoms with van der Waals surface area (Å²) in [6.45, 7) is 0. The lowest BCUT2D eigenvalue weighted by molar-refractivity contribution is 0.0698. The number of furan rings is 1. The molecule has 0 fully saturated rings. The van der Waals surface area contributed by atoms with Crippen LogP contribution < -0.4 is 5.32 Å². The lowest BCUT2D eigenvalue weighted by Crippen LogP contribution is -2.15. The number of para-hydroxylation sites is 1. The molecule has 0 aliphatic rings. The van der Waals surface area contributed by atoms with Gasteiger partial charge in [0.25, 0.3) is 5.91 Å². The molecule has 0 unspecified atom stereocenters. The average Bonchev–Trinajstić information content (AvgIpc) is 3.10. The summed E-state index contributed by atoms with van der Waals surface area (Å²) in [6.07, 6.45) is 3.02. The van der Waals surface area contributed by atoms with Crippen molar-refractivity contribution >= 4 is 17.6 Å². The number of carboxylic acids is 1. The number of hydrogen-bond acceptors (Lipinski definition) is 4. The first-order valence-corrected chi connectivity index (χ1v) is 6.79. The van der Waals surface area contributed by atoms with Crippen molar-refractivity contribution in [2.24, 2.45) is 0 Å². The summed E-state index contributed by atoms with van der Waals surface area (Å²) < 4.78 is 5.25. The van der Waals surface area contributed by atoms with E-state index in [2.05, 4.69) is 10.3 Å². The number of carboxylic acid groups (broad SMARTS) is 1. The zero-order valence-electron chi connectivity index (χ0n) is 11.9. The molecule has 6 heteroatoms. The van der Waals surface area contributed by atoms with Gasteiger partial charge in [-0.25, -0.2) is 4.79 Å². The van der Waals surface area contributed by atoms with Crippen LogP contribution in [0.2, 0.25) is 0 Å². The molecule has 6 nitrogen and oxygen atoms in total. The van der Waals surface area contributed by atoms with Gasteiger partial charge in [0.15, 0.2) is 5.76 Å². The minimum atomic E-state index is -1.10. The quantitative estimate of drug-likeness (QED) is 0.771. The topological polar surface area (TPSA) is 92.4 Å². The predicted molar refractivity (Wildman–Crippen MR) is 83.3 cm³/mol. The Labute approximate surface area is 131 Å². The van der Waals surface area contributed by atoms with Crippen LogP contribution >= 0.6 is 0 Å². The largest absolute Gasteiger partial charge is 0.478 e. The first-order valence-electron chi connectivity index (χ1n) is 6.79. The van der Waals surface area contributed by atoms with Crippen molar-refractivity contribution in [1.29, 1.82) is 0 Å². The van der Waals surface area contributed by atoms with Gasteiger partial charge in [-0.2, -0.15) is 0 Å². The van der Waals surface area contributed by atoms with Gasteiger partial charge in [-0.1, -0.05) is 12.1 Å². The second-order valence-corrected chi connectivity index (χ2v) is 4.71. The number of anilines is 1. The molecule has 0 spiro atoms. The summed E-state index contributed by atoms with van der Waals surface area (Å²) >= 11 is 0. The van der Waals surface area contributed by atoms with Gasteiger partial charge >= 0.3 is 5.97 Å². The van der Waals surface area contributed by atoms with E-state index in [0.29, 0.717) is 17.0 Å². The summed E-state index contributed by atoms with van der Waals surface area (Å²) in [5.74, 6) is -0.980. The fourth-order valence-corrected chi connectivity index (χ4v) is 2.10. The summed E-state index contributed by atoms with van der Waals surface area (Å²) in [4.78, 5) is 27.7. The first kappa shape index (κ1) is 14.5. The molecule has 0 saturated heterocycles. The number of carbonyl (C=O) groups is 2. The molecule has 0 bridgehead atoms. The highest BCUT2D eigenvalue weighted by molar-refractivity contribution is 6.08. The van der Waals surface area contributed by atoms with Crippen LogP contribution in [0.25, 0.3) is 11.5 Å². The third-order valence-corrected chi connectivity index (χ3v) is 3.20. The lowest BCUT2D eigenvalue weighted by atomic mass is 10.1. The fraction of sp³-hybridized carbons (Fsp3) is 0. The van der Waals surface area contributed by atoms with Crippen LogP contribution in [0.15, 0.2) is 65.4 Å². The highest BCUT2D eigenvalue weighted by atomic mass is 16.4. The van der Waals surface area contributed by atoms with Gasteiger partial charge in [-0.3, -0.25) is 9.78 Å². The number of hydrogen-bond donors (Lipinski definition) is 2. The van der Waals surface area contributed by atoms with E-state index in [0.717, 1.165) is 0 Å². The minimum Gasteiger partial charge on any atom is -0.478 e. The molecule has 0 atom stereocenters. The van der Waals surface area contributed by atoms with Crippen LogP contribution in [0.1, 0.15) is 20.7 Å².